The summed E-state index contributed by atoms with van der Waals surface area (Å²) < 4.78 is 15.9. The lowest BCUT2D eigenvalue weighted by molar-refractivity contribution is 0.375. The smallest absolute Gasteiger partial charge is 0.384 e. The predicted octanol–water partition coefficient (Wildman–Crippen LogP) is 9.33. The van der Waals surface area contributed by atoms with Crippen molar-refractivity contribution in [1.82, 2.24) is 4.67 Å². The average Bonchev–Trinajstić information content (AvgIpc) is 2.94. The summed E-state index contributed by atoms with van der Waals surface area (Å²) in [5.41, 5.74) is 0. The third kappa shape index (κ3) is 4.05. The second kappa shape index (κ2) is 9.78. The Morgan fingerprint density at radius 1 is 0.500 bits per heavy atom. The zero-order chi connectivity index (χ0) is 24.5. The van der Waals surface area contributed by atoms with E-state index in [2.05, 4.69) is 128 Å². The molecule has 0 saturated heterocycles. The summed E-state index contributed by atoms with van der Waals surface area (Å²) in [5, 5.41) is 9.37. The highest BCUT2D eigenvalue weighted by Crippen LogP contribution is 2.48. The van der Waals surface area contributed by atoms with Gasteiger partial charge in [-0.3, -0.25) is 0 Å². The van der Waals surface area contributed by atoms with Crippen LogP contribution in [0.3, 0.4) is 0 Å². The highest BCUT2D eigenvalue weighted by Gasteiger charge is 2.25. The summed E-state index contributed by atoms with van der Waals surface area (Å²) in [6.45, 7) is 5.98. The van der Waals surface area contributed by atoms with Gasteiger partial charge < -0.3 is 9.05 Å². The standard InChI is InChI=1S/C32H28NO2P/c1-3-33(4-2)36(34-31-21-23-13-5-7-15-25(23)27-17-9-11-19-29(27)31)35-32-22-24-14-6-8-16-26(24)28-18-10-12-20-30(28)32/h5-22H,3-4H2,1-2H3. The number of nitrogens with zero attached hydrogens (tertiary/aromatic N) is 1. The third-order valence-corrected chi connectivity index (χ3v) is 8.51. The molecule has 6 rings (SSSR count). The lowest BCUT2D eigenvalue weighted by atomic mass is 10.0. The maximum Gasteiger partial charge on any atom is 0.384 e. The zero-order valence-electron chi connectivity index (χ0n) is 20.5. The second-order valence-corrected chi connectivity index (χ2v) is 10.2. The highest BCUT2D eigenvalue weighted by molar-refractivity contribution is 7.45. The van der Waals surface area contributed by atoms with E-state index in [0.717, 1.165) is 46.1 Å². The first-order chi connectivity index (χ1) is 17.8. The molecule has 36 heavy (non-hydrogen) atoms. The van der Waals surface area contributed by atoms with E-state index in [1.54, 1.807) is 0 Å². The van der Waals surface area contributed by atoms with Crippen LogP contribution in [0.25, 0.3) is 43.1 Å². The van der Waals surface area contributed by atoms with Gasteiger partial charge in [0.1, 0.15) is 11.5 Å². The molecule has 3 nitrogen and oxygen atoms in total. The fourth-order valence-electron chi connectivity index (χ4n) is 4.95. The van der Waals surface area contributed by atoms with Gasteiger partial charge in [0.2, 0.25) is 0 Å². The van der Waals surface area contributed by atoms with Crippen molar-refractivity contribution in [2.24, 2.45) is 0 Å². The first-order valence-corrected chi connectivity index (χ1v) is 13.6. The van der Waals surface area contributed by atoms with E-state index in [1.807, 2.05) is 0 Å². The van der Waals surface area contributed by atoms with E-state index in [-0.39, 0.29) is 0 Å². The highest BCUT2D eigenvalue weighted by atomic mass is 31.2. The summed E-state index contributed by atoms with van der Waals surface area (Å²) in [4.78, 5) is 0. The molecule has 0 aliphatic rings. The first kappa shape index (κ1) is 22.8. The molecular formula is C32H28NO2P. The molecule has 0 saturated carbocycles. The van der Waals surface area contributed by atoms with Crippen LogP contribution in [0.2, 0.25) is 0 Å². The molecule has 178 valence electrons. The van der Waals surface area contributed by atoms with Gasteiger partial charge in [-0.15, -0.1) is 0 Å². The molecule has 0 bridgehead atoms. The number of fused-ring (bicyclic) bond motifs is 6. The van der Waals surface area contributed by atoms with E-state index < -0.39 is 8.53 Å². The summed E-state index contributed by atoms with van der Waals surface area (Å²) in [6.07, 6.45) is 0. The van der Waals surface area contributed by atoms with Crippen molar-refractivity contribution in [1.29, 1.82) is 0 Å². The van der Waals surface area contributed by atoms with Gasteiger partial charge in [-0.2, -0.15) is 0 Å². The van der Waals surface area contributed by atoms with Gasteiger partial charge in [0.15, 0.2) is 0 Å². The lowest BCUT2D eigenvalue weighted by Gasteiger charge is -2.28. The van der Waals surface area contributed by atoms with Crippen molar-refractivity contribution in [3.05, 3.63) is 109 Å². The minimum Gasteiger partial charge on any atom is -0.426 e. The molecule has 0 unspecified atom stereocenters. The topological polar surface area (TPSA) is 21.7 Å². The van der Waals surface area contributed by atoms with Crippen LogP contribution in [-0.4, -0.2) is 17.8 Å². The summed E-state index contributed by atoms with van der Waals surface area (Å²) >= 11 is 0. The Kier molecular flexibility index (Phi) is 6.19. The summed E-state index contributed by atoms with van der Waals surface area (Å²) in [7, 11) is -1.40. The van der Waals surface area contributed by atoms with Crippen molar-refractivity contribution in [3.63, 3.8) is 0 Å². The van der Waals surface area contributed by atoms with Gasteiger partial charge in [-0.05, 0) is 44.5 Å². The molecule has 0 N–H and O–H groups in total. The van der Waals surface area contributed by atoms with E-state index in [4.69, 9.17) is 9.05 Å². The SMILES string of the molecule is CCN(CC)P(Oc1cc2ccccc2c2ccccc12)Oc1cc2ccccc2c2ccccc12. The Morgan fingerprint density at radius 2 is 0.861 bits per heavy atom. The maximum atomic E-state index is 6.81. The van der Waals surface area contributed by atoms with Crippen molar-refractivity contribution >= 4 is 51.6 Å². The Labute approximate surface area is 212 Å². The molecule has 6 aromatic carbocycles. The third-order valence-electron chi connectivity index (χ3n) is 6.77. The van der Waals surface area contributed by atoms with Crippen molar-refractivity contribution in [2.45, 2.75) is 13.8 Å². The molecule has 4 heteroatoms. The first-order valence-electron chi connectivity index (χ1n) is 12.5. The van der Waals surface area contributed by atoms with Gasteiger partial charge in [0.25, 0.3) is 0 Å². The van der Waals surface area contributed by atoms with Crippen LogP contribution in [0.1, 0.15) is 13.8 Å². The van der Waals surface area contributed by atoms with Crippen LogP contribution in [0.5, 0.6) is 11.5 Å². The van der Waals surface area contributed by atoms with Crippen LogP contribution >= 0.6 is 8.53 Å². The van der Waals surface area contributed by atoms with Crippen LogP contribution in [0, 0.1) is 0 Å². The number of rotatable bonds is 7. The normalized spacial score (nSPS) is 11.8. The van der Waals surface area contributed by atoms with Crippen LogP contribution in [0.4, 0.5) is 0 Å². The van der Waals surface area contributed by atoms with Gasteiger partial charge in [-0.1, -0.05) is 111 Å². The van der Waals surface area contributed by atoms with Crippen molar-refractivity contribution in [2.75, 3.05) is 13.1 Å². The number of hydrogen-bond donors (Lipinski definition) is 0. The molecular weight excluding hydrogens is 461 g/mol. The Morgan fingerprint density at radius 3 is 1.28 bits per heavy atom. The van der Waals surface area contributed by atoms with Gasteiger partial charge in [0.05, 0.1) is 0 Å². The average molecular weight is 490 g/mol. The molecule has 0 heterocycles. The molecule has 0 fully saturated rings. The molecule has 0 aliphatic carbocycles. The Hall–Kier alpha value is -3.65. The van der Waals surface area contributed by atoms with E-state index in [1.165, 1.54) is 21.5 Å². The molecule has 6 aromatic rings. The Bertz CT molecular complexity index is 1570. The fourth-order valence-corrected chi connectivity index (χ4v) is 6.32. The monoisotopic (exact) mass is 489 g/mol. The van der Waals surface area contributed by atoms with Crippen LogP contribution in [0.15, 0.2) is 109 Å². The summed E-state index contributed by atoms with van der Waals surface area (Å²) in [6, 6.07) is 38.2. The van der Waals surface area contributed by atoms with Crippen molar-refractivity contribution in [3.8, 4) is 11.5 Å². The maximum absolute atomic E-state index is 6.81. The largest absolute Gasteiger partial charge is 0.426 e. The lowest BCUT2D eigenvalue weighted by Crippen LogP contribution is -2.22. The summed E-state index contributed by atoms with van der Waals surface area (Å²) in [5.74, 6) is 1.71. The zero-order valence-corrected chi connectivity index (χ0v) is 21.4. The number of hydrogen-bond acceptors (Lipinski definition) is 3. The molecule has 0 atom stereocenters. The van der Waals surface area contributed by atoms with E-state index in [0.29, 0.717) is 0 Å². The Balaban J connectivity index is 1.48. The molecule has 0 amide bonds. The molecule has 0 radical (unpaired) electrons. The van der Waals surface area contributed by atoms with E-state index >= 15 is 0 Å². The molecule has 0 aromatic heterocycles. The quantitative estimate of drug-likeness (QED) is 0.165. The second-order valence-electron chi connectivity index (χ2n) is 8.84. The van der Waals surface area contributed by atoms with Crippen LogP contribution < -0.4 is 9.05 Å². The predicted molar refractivity (Wildman–Crippen MR) is 154 cm³/mol. The number of benzene rings is 6. The van der Waals surface area contributed by atoms with Crippen molar-refractivity contribution < 1.29 is 9.05 Å². The van der Waals surface area contributed by atoms with Crippen LogP contribution in [-0.2, 0) is 0 Å². The van der Waals surface area contributed by atoms with Gasteiger partial charge in [0, 0.05) is 23.9 Å². The molecule has 0 spiro atoms. The van der Waals surface area contributed by atoms with Gasteiger partial charge in [-0.25, -0.2) is 4.67 Å². The minimum atomic E-state index is -1.40. The van der Waals surface area contributed by atoms with E-state index in [9.17, 15) is 0 Å². The fraction of sp³-hybridized carbons (Fsp3) is 0.125. The van der Waals surface area contributed by atoms with Gasteiger partial charge >= 0.3 is 8.53 Å². The minimum absolute atomic E-state index is 0.833. The molecule has 0 aliphatic heterocycles.